The van der Waals surface area contributed by atoms with Gasteiger partial charge in [0.1, 0.15) is 24.2 Å². The van der Waals surface area contributed by atoms with Crippen molar-refractivity contribution in [2.45, 2.75) is 25.0 Å². The average molecular weight is 331 g/mol. The topological polar surface area (TPSA) is 80.9 Å². The molecule has 1 aliphatic heterocycles. The number of aliphatic hydroxyl groups excluding tert-OH is 1. The molecular formula is C18H21NO5. The minimum absolute atomic E-state index is 0.0619. The number of hydrogen-bond donors (Lipinski definition) is 2. The molecule has 128 valence electrons. The van der Waals surface area contributed by atoms with Gasteiger partial charge in [-0.3, -0.25) is 4.79 Å². The van der Waals surface area contributed by atoms with Crippen molar-refractivity contribution in [3.05, 3.63) is 54.0 Å². The zero-order valence-electron chi connectivity index (χ0n) is 13.3. The van der Waals surface area contributed by atoms with Crippen LogP contribution in [0.4, 0.5) is 0 Å². The highest BCUT2D eigenvalue weighted by molar-refractivity contribution is 5.96. The Morgan fingerprint density at radius 2 is 2.21 bits per heavy atom. The fourth-order valence-corrected chi connectivity index (χ4v) is 2.60. The summed E-state index contributed by atoms with van der Waals surface area (Å²) in [6.07, 6.45) is 2.70. The highest BCUT2D eigenvalue weighted by Gasteiger charge is 2.19. The molecule has 1 aliphatic rings. The van der Waals surface area contributed by atoms with Gasteiger partial charge in [-0.15, -0.1) is 0 Å². The van der Waals surface area contributed by atoms with Gasteiger partial charge in [0.05, 0.1) is 24.5 Å². The van der Waals surface area contributed by atoms with Gasteiger partial charge in [-0.05, 0) is 37.1 Å². The Balaban J connectivity index is 1.57. The van der Waals surface area contributed by atoms with Gasteiger partial charge >= 0.3 is 0 Å². The number of nitrogens with one attached hydrogen (secondary N) is 1. The Labute approximate surface area is 140 Å². The first-order valence-electron chi connectivity index (χ1n) is 8.07. The Bertz CT molecular complexity index is 649. The van der Waals surface area contributed by atoms with Gasteiger partial charge in [-0.1, -0.05) is 12.1 Å². The van der Waals surface area contributed by atoms with E-state index in [0.717, 1.165) is 19.4 Å². The predicted molar refractivity (Wildman–Crippen MR) is 86.9 cm³/mol. The van der Waals surface area contributed by atoms with Crippen molar-refractivity contribution >= 4 is 5.91 Å². The summed E-state index contributed by atoms with van der Waals surface area (Å²) in [5, 5.41) is 12.7. The maximum atomic E-state index is 12.4. The fourth-order valence-electron chi connectivity index (χ4n) is 2.60. The summed E-state index contributed by atoms with van der Waals surface area (Å²) in [6.45, 7) is 1.26. The van der Waals surface area contributed by atoms with Gasteiger partial charge in [-0.25, -0.2) is 0 Å². The van der Waals surface area contributed by atoms with Gasteiger partial charge in [0, 0.05) is 6.61 Å². The summed E-state index contributed by atoms with van der Waals surface area (Å²) >= 11 is 0. The van der Waals surface area contributed by atoms with Gasteiger partial charge in [0.15, 0.2) is 0 Å². The lowest BCUT2D eigenvalue weighted by Crippen LogP contribution is -2.29. The average Bonchev–Trinajstić information content (AvgIpc) is 3.31. The maximum Gasteiger partial charge on any atom is 0.255 e. The third-order valence-electron chi connectivity index (χ3n) is 3.91. The van der Waals surface area contributed by atoms with Crippen molar-refractivity contribution in [2.75, 3.05) is 19.8 Å². The summed E-state index contributed by atoms with van der Waals surface area (Å²) in [5.74, 6) is 0.625. The SMILES string of the molecule is O=C(NCC(O)c1ccco1)c1ccccc1OCC1CCCO1. The second-order valence-corrected chi connectivity index (χ2v) is 5.68. The Morgan fingerprint density at radius 3 is 2.96 bits per heavy atom. The Hall–Kier alpha value is -2.31. The van der Waals surface area contributed by atoms with Crippen LogP contribution in [0.5, 0.6) is 5.75 Å². The molecule has 0 saturated carbocycles. The highest BCUT2D eigenvalue weighted by atomic mass is 16.5. The molecule has 6 nitrogen and oxygen atoms in total. The molecule has 6 heteroatoms. The van der Waals surface area contributed by atoms with Crippen LogP contribution in [-0.4, -0.2) is 36.9 Å². The van der Waals surface area contributed by atoms with E-state index in [0.29, 0.717) is 23.7 Å². The number of carbonyl (C=O) groups excluding carboxylic acids is 1. The van der Waals surface area contributed by atoms with Crippen LogP contribution in [0, 0.1) is 0 Å². The molecule has 2 heterocycles. The normalized spacial score (nSPS) is 18.3. The second kappa shape index (κ2) is 7.99. The van der Waals surface area contributed by atoms with Crippen LogP contribution in [0.15, 0.2) is 47.1 Å². The first-order valence-corrected chi connectivity index (χ1v) is 8.07. The van der Waals surface area contributed by atoms with Gasteiger partial charge in [0.25, 0.3) is 5.91 Å². The summed E-state index contributed by atoms with van der Waals surface area (Å²) in [6, 6.07) is 10.4. The van der Waals surface area contributed by atoms with E-state index < -0.39 is 6.10 Å². The Morgan fingerprint density at radius 1 is 1.33 bits per heavy atom. The molecule has 2 aromatic rings. The molecule has 2 unspecified atom stereocenters. The quantitative estimate of drug-likeness (QED) is 0.814. The van der Waals surface area contributed by atoms with Crippen molar-refractivity contribution in [3.8, 4) is 5.75 Å². The number of benzene rings is 1. The monoisotopic (exact) mass is 331 g/mol. The molecule has 2 N–H and O–H groups in total. The number of aliphatic hydroxyl groups is 1. The van der Waals surface area contributed by atoms with Crippen molar-refractivity contribution in [1.29, 1.82) is 0 Å². The molecular weight excluding hydrogens is 310 g/mol. The molecule has 1 saturated heterocycles. The first kappa shape index (κ1) is 16.5. The van der Waals surface area contributed by atoms with Gasteiger partial charge in [-0.2, -0.15) is 0 Å². The molecule has 1 amide bonds. The van der Waals surface area contributed by atoms with Gasteiger partial charge in [0.2, 0.25) is 0 Å². The maximum absolute atomic E-state index is 12.4. The van der Waals surface area contributed by atoms with Crippen LogP contribution in [0.1, 0.15) is 35.1 Å². The van der Waals surface area contributed by atoms with E-state index in [1.807, 2.05) is 6.07 Å². The van der Waals surface area contributed by atoms with Crippen LogP contribution < -0.4 is 10.1 Å². The highest BCUT2D eigenvalue weighted by Crippen LogP contribution is 2.21. The van der Waals surface area contributed by atoms with Gasteiger partial charge < -0.3 is 24.3 Å². The number of hydrogen-bond acceptors (Lipinski definition) is 5. The first-order chi connectivity index (χ1) is 11.7. The van der Waals surface area contributed by atoms with Crippen LogP contribution in [0.3, 0.4) is 0 Å². The van der Waals surface area contributed by atoms with Crippen LogP contribution in [-0.2, 0) is 4.74 Å². The molecule has 0 aliphatic carbocycles. The summed E-state index contributed by atoms with van der Waals surface area (Å²) in [4.78, 5) is 12.4. The number of amides is 1. The largest absolute Gasteiger partial charge is 0.490 e. The van der Waals surface area contributed by atoms with Crippen LogP contribution >= 0.6 is 0 Å². The molecule has 1 fully saturated rings. The second-order valence-electron chi connectivity index (χ2n) is 5.68. The molecule has 0 spiro atoms. The number of para-hydroxylation sites is 1. The molecule has 1 aromatic carbocycles. The lowest BCUT2D eigenvalue weighted by Gasteiger charge is -2.15. The van der Waals surface area contributed by atoms with Crippen LogP contribution in [0.2, 0.25) is 0 Å². The molecule has 24 heavy (non-hydrogen) atoms. The molecule has 1 aromatic heterocycles. The zero-order chi connectivity index (χ0) is 16.8. The van der Waals surface area contributed by atoms with E-state index in [9.17, 15) is 9.90 Å². The number of furan rings is 1. The Kier molecular flexibility index (Phi) is 5.51. The number of ether oxygens (including phenoxy) is 2. The summed E-state index contributed by atoms with van der Waals surface area (Å²) in [5.41, 5.74) is 0.433. The lowest BCUT2D eigenvalue weighted by atomic mass is 10.1. The predicted octanol–water partition coefficient (Wildman–Crippen LogP) is 2.30. The standard InChI is InChI=1S/C18H21NO5/c20-15(17-8-4-10-23-17)11-19-18(21)14-6-1-2-7-16(14)24-12-13-5-3-9-22-13/h1-2,4,6-8,10,13,15,20H,3,5,9,11-12H2,(H,19,21). The minimum atomic E-state index is -0.885. The molecule has 3 rings (SSSR count). The summed E-state index contributed by atoms with van der Waals surface area (Å²) < 4.78 is 16.4. The minimum Gasteiger partial charge on any atom is -0.490 e. The van der Waals surface area contributed by atoms with E-state index in [2.05, 4.69) is 5.32 Å². The third-order valence-corrected chi connectivity index (χ3v) is 3.91. The molecule has 0 radical (unpaired) electrons. The van der Waals surface area contributed by atoms with E-state index in [4.69, 9.17) is 13.9 Å². The van der Waals surface area contributed by atoms with Crippen molar-refractivity contribution in [3.63, 3.8) is 0 Å². The summed E-state index contributed by atoms with van der Waals surface area (Å²) in [7, 11) is 0. The third kappa shape index (κ3) is 4.15. The molecule has 2 atom stereocenters. The van der Waals surface area contributed by atoms with E-state index in [1.54, 1.807) is 30.3 Å². The van der Waals surface area contributed by atoms with E-state index in [1.165, 1.54) is 6.26 Å². The molecule has 0 bridgehead atoms. The lowest BCUT2D eigenvalue weighted by molar-refractivity contribution is 0.0669. The van der Waals surface area contributed by atoms with E-state index in [-0.39, 0.29) is 18.6 Å². The van der Waals surface area contributed by atoms with Crippen molar-refractivity contribution in [2.24, 2.45) is 0 Å². The van der Waals surface area contributed by atoms with Crippen molar-refractivity contribution < 1.29 is 23.8 Å². The number of rotatable bonds is 7. The van der Waals surface area contributed by atoms with E-state index >= 15 is 0 Å². The number of carbonyl (C=O) groups is 1. The smallest absolute Gasteiger partial charge is 0.255 e. The van der Waals surface area contributed by atoms with Crippen LogP contribution in [0.25, 0.3) is 0 Å². The zero-order valence-corrected chi connectivity index (χ0v) is 13.3. The van der Waals surface area contributed by atoms with Crippen molar-refractivity contribution in [1.82, 2.24) is 5.32 Å². The fraction of sp³-hybridized carbons (Fsp3) is 0.389.